The van der Waals surface area contributed by atoms with E-state index in [4.69, 9.17) is 23.7 Å². The summed E-state index contributed by atoms with van der Waals surface area (Å²) in [6, 6.07) is 19.0. The average Bonchev–Trinajstić information content (AvgIpc) is 3.50. The van der Waals surface area contributed by atoms with Crippen molar-refractivity contribution in [1.82, 2.24) is 14.8 Å². The number of rotatable bonds is 9. The lowest BCUT2D eigenvalue weighted by Gasteiger charge is -2.35. The van der Waals surface area contributed by atoms with Gasteiger partial charge in [-0.2, -0.15) is 10.1 Å². The number of Topliss-reactive ketones (excluding diaryl/α,β-unsaturated/α-hetero) is 1. The van der Waals surface area contributed by atoms with Gasteiger partial charge in [0.15, 0.2) is 28.8 Å². The molecule has 10 heteroatoms. The van der Waals surface area contributed by atoms with Crippen molar-refractivity contribution in [1.29, 1.82) is 0 Å². The number of nitrogens with zero attached hydrogens (tertiary/aromatic N) is 3. The number of ketones is 1. The van der Waals surface area contributed by atoms with Crippen LogP contribution in [0, 0.1) is 0 Å². The Kier molecular flexibility index (Phi) is 7.43. The van der Waals surface area contributed by atoms with E-state index in [0.717, 1.165) is 22.4 Å². The number of fused-ring (bicyclic) bond motifs is 1. The third-order valence-electron chi connectivity index (χ3n) is 7.76. The van der Waals surface area contributed by atoms with Crippen molar-refractivity contribution in [2.75, 3.05) is 33.8 Å². The number of hydrogen-bond donors (Lipinski definition) is 1. The van der Waals surface area contributed by atoms with Gasteiger partial charge in [-0.1, -0.05) is 36.4 Å². The Bertz CT molecular complexity index is 1620. The van der Waals surface area contributed by atoms with Crippen molar-refractivity contribution in [3.05, 3.63) is 95.0 Å². The Morgan fingerprint density at radius 3 is 2.24 bits per heavy atom. The zero-order chi connectivity index (χ0) is 29.2. The van der Waals surface area contributed by atoms with Crippen molar-refractivity contribution in [2.45, 2.75) is 31.4 Å². The number of benzene rings is 3. The molecule has 0 spiro atoms. The molecule has 0 bridgehead atoms. The molecular formula is C32H32N4O6. The van der Waals surface area contributed by atoms with Crippen LogP contribution in [0.1, 0.15) is 41.5 Å². The molecule has 0 saturated carbocycles. The van der Waals surface area contributed by atoms with E-state index in [1.54, 1.807) is 33.1 Å². The molecule has 4 aromatic rings. The zero-order valence-electron chi connectivity index (χ0n) is 23.9. The van der Waals surface area contributed by atoms with Crippen LogP contribution in [0.25, 0.3) is 0 Å². The number of methoxy groups -OCH3 is 4. The van der Waals surface area contributed by atoms with Gasteiger partial charge in [-0.15, -0.1) is 0 Å². The molecule has 0 radical (unpaired) electrons. The minimum atomic E-state index is -0.475. The number of ether oxygens (including phenoxy) is 5. The normalized spacial score (nSPS) is 17.6. The van der Waals surface area contributed by atoms with E-state index in [0.29, 0.717) is 59.7 Å². The minimum Gasteiger partial charge on any atom is -0.493 e. The van der Waals surface area contributed by atoms with Gasteiger partial charge in [-0.25, -0.2) is 4.68 Å². The molecule has 42 heavy (non-hydrogen) atoms. The molecule has 0 unspecified atom stereocenters. The molecule has 2 aliphatic rings. The van der Waals surface area contributed by atoms with Crippen molar-refractivity contribution < 1.29 is 28.5 Å². The monoisotopic (exact) mass is 568 g/mol. The summed E-state index contributed by atoms with van der Waals surface area (Å²) in [5, 5.41) is 7.86. The number of carbonyl (C=O) groups is 1. The first kappa shape index (κ1) is 27.2. The van der Waals surface area contributed by atoms with Gasteiger partial charge in [0.25, 0.3) is 0 Å². The van der Waals surface area contributed by atoms with E-state index in [-0.39, 0.29) is 11.7 Å². The Morgan fingerprint density at radius 2 is 1.55 bits per heavy atom. The van der Waals surface area contributed by atoms with Crippen molar-refractivity contribution in [3.63, 3.8) is 0 Å². The largest absolute Gasteiger partial charge is 0.493 e. The summed E-state index contributed by atoms with van der Waals surface area (Å²) in [5.74, 6) is 3.29. The maximum atomic E-state index is 14.0. The number of hydrogen-bond acceptors (Lipinski definition) is 9. The second-order valence-electron chi connectivity index (χ2n) is 10.1. The average molecular weight is 569 g/mol. The van der Waals surface area contributed by atoms with Crippen LogP contribution < -0.4 is 29.0 Å². The fourth-order valence-corrected chi connectivity index (χ4v) is 5.74. The predicted octanol–water partition coefficient (Wildman–Crippen LogP) is 5.31. The SMILES string of the molecule is COc1ccc([C@@H]2C3=C(C[C@H](c4cc(OC)c(OC)c(OC)c4)CC3=O)Nc3ncnn32)cc1OCc1ccccc1. The van der Waals surface area contributed by atoms with Gasteiger partial charge in [-0.3, -0.25) is 4.79 Å². The second-order valence-corrected chi connectivity index (χ2v) is 10.1. The van der Waals surface area contributed by atoms with Crippen LogP contribution in [0.3, 0.4) is 0 Å². The summed E-state index contributed by atoms with van der Waals surface area (Å²) in [5.41, 5.74) is 4.29. The van der Waals surface area contributed by atoms with E-state index in [1.807, 2.05) is 60.7 Å². The van der Waals surface area contributed by atoms with Gasteiger partial charge < -0.3 is 29.0 Å². The Labute approximate surface area is 243 Å². The molecule has 0 fully saturated rings. The fraction of sp³-hybridized carbons (Fsp3) is 0.281. The molecule has 1 aliphatic heterocycles. The van der Waals surface area contributed by atoms with Gasteiger partial charge in [-0.05, 0) is 53.3 Å². The molecule has 6 rings (SSSR count). The van der Waals surface area contributed by atoms with E-state index in [1.165, 1.54) is 6.33 Å². The second kappa shape index (κ2) is 11.5. The smallest absolute Gasteiger partial charge is 0.226 e. The first-order valence-corrected chi connectivity index (χ1v) is 13.6. The molecule has 0 amide bonds. The van der Waals surface area contributed by atoms with E-state index >= 15 is 0 Å². The lowest BCUT2D eigenvalue weighted by atomic mass is 9.77. The molecular weight excluding hydrogens is 536 g/mol. The maximum absolute atomic E-state index is 14.0. The molecule has 0 saturated heterocycles. The Morgan fingerprint density at radius 1 is 0.833 bits per heavy atom. The summed E-state index contributed by atoms with van der Waals surface area (Å²) >= 11 is 0. The first-order valence-electron chi connectivity index (χ1n) is 13.6. The third-order valence-corrected chi connectivity index (χ3v) is 7.76. The summed E-state index contributed by atoms with van der Waals surface area (Å²) in [7, 11) is 6.35. The van der Waals surface area contributed by atoms with Crippen molar-refractivity contribution in [3.8, 4) is 28.7 Å². The molecule has 2 heterocycles. The summed E-state index contributed by atoms with van der Waals surface area (Å²) < 4.78 is 30.2. The molecule has 1 aliphatic carbocycles. The Hall–Kier alpha value is -4.99. The lowest BCUT2D eigenvalue weighted by molar-refractivity contribution is -0.116. The van der Waals surface area contributed by atoms with E-state index in [9.17, 15) is 4.79 Å². The quantitative estimate of drug-likeness (QED) is 0.288. The first-order chi connectivity index (χ1) is 20.5. The number of nitrogens with one attached hydrogen (secondary N) is 1. The van der Waals surface area contributed by atoms with Crippen LogP contribution in [0.4, 0.5) is 5.95 Å². The highest BCUT2D eigenvalue weighted by molar-refractivity contribution is 6.00. The lowest BCUT2D eigenvalue weighted by Crippen LogP contribution is -2.33. The number of aromatic nitrogens is 3. The topological polar surface area (TPSA) is 106 Å². The highest BCUT2D eigenvalue weighted by Gasteiger charge is 2.40. The predicted molar refractivity (Wildman–Crippen MR) is 156 cm³/mol. The van der Waals surface area contributed by atoms with Crippen LogP contribution in [0.5, 0.6) is 28.7 Å². The van der Waals surface area contributed by atoms with Crippen LogP contribution in [0.15, 0.2) is 78.3 Å². The van der Waals surface area contributed by atoms with E-state index < -0.39 is 6.04 Å². The highest BCUT2D eigenvalue weighted by Crippen LogP contribution is 2.47. The van der Waals surface area contributed by atoms with Crippen LogP contribution in [0.2, 0.25) is 0 Å². The molecule has 2 atom stereocenters. The van der Waals surface area contributed by atoms with Gasteiger partial charge in [0.2, 0.25) is 11.7 Å². The van der Waals surface area contributed by atoms with Gasteiger partial charge in [0.05, 0.1) is 28.4 Å². The third kappa shape index (κ3) is 4.89. The van der Waals surface area contributed by atoms with Crippen molar-refractivity contribution >= 4 is 11.7 Å². The molecule has 1 N–H and O–H groups in total. The van der Waals surface area contributed by atoms with Gasteiger partial charge >= 0.3 is 0 Å². The summed E-state index contributed by atoms with van der Waals surface area (Å²) in [6.45, 7) is 0.380. The molecule has 3 aromatic carbocycles. The highest BCUT2D eigenvalue weighted by atomic mass is 16.5. The Balaban J connectivity index is 1.37. The number of allylic oxidation sites excluding steroid dienone is 2. The zero-order valence-corrected chi connectivity index (χ0v) is 23.9. The number of carbonyl (C=O) groups excluding carboxylic acids is 1. The standard InChI is InChI=1S/C32H32N4O6/c1-38-25-11-10-20(14-26(25)42-17-19-8-6-5-7-9-19)30-29-23(35-32-33-18-34-36(30)32)12-21(13-24(29)37)22-15-27(39-2)31(41-4)28(16-22)40-3/h5-11,14-16,18,21,30H,12-13,17H2,1-4H3,(H,33,34,35)/t21-,30+/m0/s1. The number of anilines is 1. The van der Waals surface area contributed by atoms with Gasteiger partial charge in [0.1, 0.15) is 19.0 Å². The van der Waals surface area contributed by atoms with Crippen LogP contribution in [-0.2, 0) is 11.4 Å². The van der Waals surface area contributed by atoms with Gasteiger partial charge in [0, 0.05) is 17.7 Å². The molecule has 1 aromatic heterocycles. The summed E-state index contributed by atoms with van der Waals surface area (Å²) in [4.78, 5) is 18.4. The fourth-order valence-electron chi connectivity index (χ4n) is 5.74. The molecule has 216 valence electrons. The summed E-state index contributed by atoms with van der Waals surface area (Å²) in [6.07, 6.45) is 2.40. The maximum Gasteiger partial charge on any atom is 0.226 e. The van der Waals surface area contributed by atoms with Crippen LogP contribution >= 0.6 is 0 Å². The van der Waals surface area contributed by atoms with E-state index in [2.05, 4.69) is 15.4 Å². The van der Waals surface area contributed by atoms with Crippen molar-refractivity contribution in [2.24, 2.45) is 0 Å². The minimum absolute atomic E-state index is 0.0243. The van der Waals surface area contributed by atoms with Crippen LogP contribution in [-0.4, -0.2) is 49.0 Å². The molecule has 10 nitrogen and oxygen atoms in total.